The Morgan fingerprint density at radius 2 is 1.70 bits per heavy atom. The molecule has 1 saturated heterocycles. The SMILES string of the molecule is CC(C)C(=O)Nc1ccc(C(=O)N/N=C\[C@H]2C(=O)NC(=O)N(c3ccc(Cl)cc3)C2=O)cc1. The number of hydrogen-bond acceptors (Lipinski definition) is 6. The van der Waals surface area contributed by atoms with Crippen molar-refractivity contribution in [3.05, 3.63) is 59.1 Å². The van der Waals surface area contributed by atoms with E-state index in [4.69, 9.17) is 11.6 Å². The summed E-state index contributed by atoms with van der Waals surface area (Å²) >= 11 is 5.83. The van der Waals surface area contributed by atoms with Crippen LogP contribution in [0.25, 0.3) is 0 Å². The van der Waals surface area contributed by atoms with Gasteiger partial charge in [0.1, 0.15) is 0 Å². The highest BCUT2D eigenvalue weighted by Crippen LogP contribution is 2.22. The number of amides is 6. The summed E-state index contributed by atoms with van der Waals surface area (Å²) < 4.78 is 0. The maximum Gasteiger partial charge on any atom is 0.335 e. The van der Waals surface area contributed by atoms with Gasteiger partial charge in [-0.05, 0) is 48.5 Å². The van der Waals surface area contributed by atoms with Crippen LogP contribution >= 0.6 is 11.6 Å². The number of nitrogens with one attached hydrogen (secondary N) is 3. The van der Waals surface area contributed by atoms with Crippen molar-refractivity contribution in [1.29, 1.82) is 0 Å². The van der Waals surface area contributed by atoms with E-state index in [1.54, 1.807) is 26.0 Å². The van der Waals surface area contributed by atoms with E-state index in [0.29, 0.717) is 10.7 Å². The minimum atomic E-state index is -1.42. The zero-order chi connectivity index (χ0) is 24.1. The molecule has 170 valence electrons. The Kier molecular flexibility index (Phi) is 7.19. The van der Waals surface area contributed by atoms with Gasteiger partial charge < -0.3 is 5.32 Å². The van der Waals surface area contributed by atoms with E-state index >= 15 is 0 Å². The smallest absolute Gasteiger partial charge is 0.326 e. The first-order valence-electron chi connectivity index (χ1n) is 9.86. The summed E-state index contributed by atoms with van der Waals surface area (Å²) in [5.74, 6) is -4.05. The van der Waals surface area contributed by atoms with Crippen molar-refractivity contribution in [2.45, 2.75) is 13.8 Å². The lowest BCUT2D eigenvalue weighted by atomic mass is 10.1. The quantitative estimate of drug-likeness (QED) is 0.339. The summed E-state index contributed by atoms with van der Waals surface area (Å²) in [5.41, 5.74) is 3.23. The molecule has 1 aliphatic rings. The molecule has 1 fully saturated rings. The highest BCUT2D eigenvalue weighted by molar-refractivity contribution is 6.33. The van der Waals surface area contributed by atoms with Gasteiger partial charge in [0.2, 0.25) is 11.8 Å². The highest BCUT2D eigenvalue weighted by atomic mass is 35.5. The van der Waals surface area contributed by atoms with E-state index in [1.165, 1.54) is 36.4 Å². The topological polar surface area (TPSA) is 137 Å². The molecule has 1 heterocycles. The first-order chi connectivity index (χ1) is 15.7. The van der Waals surface area contributed by atoms with Gasteiger partial charge in [0.25, 0.3) is 11.8 Å². The number of rotatable bonds is 6. The molecule has 3 rings (SSSR count). The molecule has 33 heavy (non-hydrogen) atoms. The molecular weight excluding hydrogens is 450 g/mol. The molecule has 0 unspecified atom stereocenters. The van der Waals surface area contributed by atoms with Crippen molar-refractivity contribution < 1.29 is 24.0 Å². The fourth-order valence-corrected chi connectivity index (χ4v) is 2.91. The van der Waals surface area contributed by atoms with Gasteiger partial charge in [-0.25, -0.2) is 15.1 Å². The van der Waals surface area contributed by atoms with Crippen molar-refractivity contribution in [2.24, 2.45) is 16.9 Å². The molecule has 0 aromatic heterocycles. The van der Waals surface area contributed by atoms with E-state index in [0.717, 1.165) is 11.1 Å². The largest absolute Gasteiger partial charge is 0.335 e. The van der Waals surface area contributed by atoms with Crippen LogP contribution in [0.3, 0.4) is 0 Å². The van der Waals surface area contributed by atoms with E-state index in [-0.39, 0.29) is 23.1 Å². The molecule has 0 bridgehead atoms. The summed E-state index contributed by atoms with van der Waals surface area (Å²) in [4.78, 5) is 61.8. The van der Waals surface area contributed by atoms with Crippen LogP contribution in [0.5, 0.6) is 0 Å². The van der Waals surface area contributed by atoms with E-state index < -0.39 is 29.7 Å². The Hall–Kier alpha value is -4.05. The lowest BCUT2D eigenvalue weighted by Crippen LogP contribution is -2.58. The molecule has 3 N–H and O–H groups in total. The van der Waals surface area contributed by atoms with Crippen LogP contribution in [0.4, 0.5) is 16.2 Å². The van der Waals surface area contributed by atoms with Crippen LogP contribution in [0, 0.1) is 11.8 Å². The summed E-state index contributed by atoms with van der Waals surface area (Å²) in [6.07, 6.45) is 0.947. The van der Waals surface area contributed by atoms with Gasteiger partial charge in [-0.3, -0.25) is 24.5 Å². The molecule has 2 aromatic rings. The second kappa shape index (κ2) is 10.0. The summed E-state index contributed by atoms with van der Waals surface area (Å²) in [6, 6.07) is 11.1. The Bertz CT molecular complexity index is 1130. The van der Waals surface area contributed by atoms with Crippen molar-refractivity contribution in [3.63, 3.8) is 0 Å². The number of carbonyl (C=O) groups is 5. The first-order valence-corrected chi connectivity index (χ1v) is 10.2. The molecule has 6 amide bonds. The molecule has 0 spiro atoms. The van der Waals surface area contributed by atoms with E-state index in [9.17, 15) is 24.0 Å². The zero-order valence-corrected chi connectivity index (χ0v) is 18.4. The Labute approximate surface area is 194 Å². The second-order valence-corrected chi connectivity index (χ2v) is 7.80. The Balaban J connectivity index is 1.65. The van der Waals surface area contributed by atoms with Crippen molar-refractivity contribution in [3.8, 4) is 0 Å². The van der Waals surface area contributed by atoms with Gasteiger partial charge in [-0.15, -0.1) is 0 Å². The Morgan fingerprint density at radius 3 is 2.30 bits per heavy atom. The normalized spacial score (nSPS) is 16.2. The minimum Gasteiger partial charge on any atom is -0.326 e. The van der Waals surface area contributed by atoms with Crippen molar-refractivity contribution in [1.82, 2.24) is 10.7 Å². The van der Waals surface area contributed by atoms with Gasteiger partial charge in [0.05, 0.1) is 5.69 Å². The number of hydrazone groups is 1. The minimum absolute atomic E-state index is 0.154. The van der Waals surface area contributed by atoms with Gasteiger partial charge >= 0.3 is 6.03 Å². The summed E-state index contributed by atoms with van der Waals surface area (Å²) in [6.45, 7) is 3.52. The van der Waals surface area contributed by atoms with Gasteiger partial charge in [0.15, 0.2) is 5.92 Å². The standard InChI is InChI=1S/C22H20ClN5O5/c1-12(2)18(29)25-15-7-3-13(4-8-15)19(30)27-24-11-17-20(31)26-22(33)28(21(17)32)16-9-5-14(23)6-10-16/h3-12,17H,1-2H3,(H,25,29)(H,27,30)(H,26,31,33)/b24-11-/t17-/m0/s1. The third kappa shape index (κ3) is 5.60. The lowest BCUT2D eigenvalue weighted by Gasteiger charge is -2.28. The molecule has 1 atom stereocenters. The summed E-state index contributed by atoms with van der Waals surface area (Å²) in [7, 11) is 0. The summed E-state index contributed by atoms with van der Waals surface area (Å²) in [5, 5.41) is 8.90. The number of nitrogens with zero attached hydrogens (tertiary/aromatic N) is 2. The maximum atomic E-state index is 12.7. The first kappa shape index (κ1) is 23.6. The van der Waals surface area contributed by atoms with Crippen molar-refractivity contribution in [2.75, 3.05) is 10.2 Å². The van der Waals surface area contributed by atoms with Crippen LogP contribution in [-0.2, 0) is 14.4 Å². The third-order valence-electron chi connectivity index (χ3n) is 4.62. The molecule has 0 saturated carbocycles. The number of hydrogen-bond donors (Lipinski definition) is 3. The lowest BCUT2D eigenvalue weighted by molar-refractivity contribution is -0.131. The van der Waals surface area contributed by atoms with Gasteiger partial charge in [-0.1, -0.05) is 25.4 Å². The van der Waals surface area contributed by atoms with E-state index in [1.807, 2.05) is 0 Å². The monoisotopic (exact) mass is 469 g/mol. The average molecular weight is 470 g/mol. The Morgan fingerprint density at radius 1 is 1.06 bits per heavy atom. The third-order valence-corrected chi connectivity index (χ3v) is 4.87. The number of benzene rings is 2. The molecule has 0 radical (unpaired) electrons. The van der Waals surface area contributed by atoms with Crippen LogP contribution in [-0.4, -0.2) is 35.9 Å². The molecule has 1 aliphatic heterocycles. The molecule has 0 aliphatic carbocycles. The number of imide groups is 2. The van der Waals surface area contributed by atoms with Crippen molar-refractivity contribution >= 4 is 58.9 Å². The zero-order valence-electron chi connectivity index (χ0n) is 17.7. The number of halogens is 1. The fourth-order valence-electron chi connectivity index (χ4n) is 2.78. The number of barbiturate groups is 1. The van der Waals surface area contributed by atoms with E-state index in [2.05, 4.69) is 21.2 Å². The molecule has 10 nitrogen and oxygen atoms in total. The van der Waals surface area contributed by atoms with Crippen LogP contribution in [0.2, 0.25) is 5.02 Å². The molecule has 11 heteroatoms. The number of anilines is 2. The number of urea groups is 1. The maximum absolute atomic E-state index is 12.7. The van der Waals surface area contributed by atoms with Gasteiger partial charge in [0, 0.05) is 28.4 Å². The fraction of sp³-hybridized carbons (Fsp3) is 0.182. The van der Waals surface area contributed by atoms with Gasteiger partial charge in [-0.2, -0.15) is 5.10 Å². The van der Waals surface area contributed by atoms with Crippen LogP contribution < -0.4 is 21.0 Å². The molecule has 2 aromatic carbocycles. The number of carbonyl (C=O) groups excluding carboxylic acids is 5. The van der Waals surface area contributed by atoms with Crippen LogP contribution in [0.15, 0.2) is 53.6 Å². The molecular formula is C22H20ClN5O5. The predicted molar refractivity (Wildman–Crippen MR) is 122 cm³/mol. The predicted octanol–water partition coefficient (Wildman–Crippen LogP) is 2.55. The van der Waals surface area contributed by atoms with Crippen LogP contribution in [0.1, 0.15) is 24.2 Å². The second-order valence-electron chi connectivity index (χ2n) is 7.36. The average Bonchev–Trinajstić information content (AvgIpc) is 2.77. The highest BCUT2D eigenvalue weighted by Gasteiger charge is 2.40.